The van der Waals surface area contributed by atoms with Gasteiger partial charge in [0.1, 0.15) is 5.54 Å². The van der Waals surface area contributed by atoms with Crippen LogP contribution >= 0.6 is 0 Å². The minimum atomic E-state index is -0.774. The lowest BCUT2D eigenvalue weighted by Gasteiger charge is -2.23. The second-order valence-electron chi connectivity index (χ2n) is 3.24. The van der Waals surface area contributed by atoms with E-state index in [2.05, 4.69) is 5.32 Å². The van der Waals surface area contributed by atoms with E-state index in [0.29, 0.717) is 12.8 Å². The lowest BCUT2D eigenvalue weighted by atomic mass is 9.98. The number of aliphatic carboxylic acids is 1. The van der Waals surface area contributed by atoms with E-state index >= 15 is 0 Å². The van der Waals surface area contributed by atoms with Gasteiger partial charge in [-0.3, -0.25) is 4.79 Å². The molecule has 2 atom stereocenters. The van der Waals surface area contributed by atoms with Crippen molar-refractivity contribution >= 4 is 5.97 Å². The third-order valence-corrected chi connectivity index (χ3v) is 2.69. The van der Waals surface area contributed by atoms with Crippen molar-refractivity contribution in [3.63, 3.8) is 0 Å². The van der Waals surface area contributed by atoms with E-state index in [1.807, 2.05) is 0 Å². The molecule has 1 fully saturated rings. The van der Waals surface area contributed by atoms with Gasteiger partial charge in [0.15, 0.2) is 0 Å². The zero-order chi connectivity index (χ0) is 9.19. The number of ether oxygens (including phenoxy) is 1. The molecule has 0 aromatic carbocycles. The molecule has 1 rings (SSSR count). The molecule has 0 aromatic heterocycles. The monoisotopic (exact) mass is 173 g/mol. The summed E-state index contributed by atoms with van der Waals surface area (Å²) in [5.74, 6) is -0.774. The minimum absolute atomic E-state index is 0.0912. The molecule has 4 heteroatoms. The Balaban J connectivity index is 2.66. The maximum atomic E-state index is 10.9. The quantitative estimate of drug-likeness (QED) is 0.641. The second-order valence-corrected chi connectivity index (χ2v) is 3.24. The molecule has 0 radical (unpaired) electrons. The molecule has 1 aliphatic rings. The first kappa shape index (κ1) is 9.48. The molecule has 70 valence electrons. The highest BCUT2D eigenvalue weighted by molar-refractivity contribution is 5.79. The number of carbonyl (C=O) groups is 1. The average Bonchev–Trinajstić information content (AvgIpc) is 2.48. The molecular formula is C8H15NO3. The van der Waals surface area contributed by atoms with Gasteiger partial charge in [-0.25, -0.2) is 0 Å². The topological polar surface area (TPSA) is 58.6 Å². The van der Waals surface area contributed by atoms with E-state index in [1.54, 1.807) is 14.2 Å². The fourth-order valence-electron chi connectivity index (χ4n) is 1.73. The molecule has 1 saturated carbocycles. The summed E-state index contributed by atoms with van der Waals surface area (Å²) in [5.41, 5.74) is -0.749. The standard InChI is InChI=1S/C8H15NO3/c1-9-8(7(10)11)4-3-6(5-8)12-2/h6,9H,3-5H2,1-2H3,(H,10,11). The number of hydrogen-bond acceptors (Lipinski definition) is 3. The van der Waals surface area contributed by atoms with Crippen LogP contribution in [0.4, 0.5) is 0 Å². The van der Waals surface area contributed by atoms with Crippen molar-refractivity contribution in [2.45, 2.75) is 30.9 Å². The molecule has 0 spiro atoms. The second kappa shape index (κ2) is 3.41. The third-order valence-electron chi connectivity index (χ3n) is 2.69. The Morgan fingerprint density at radius 2 is 2.42 bits per heavy atom. The van der Waals surface area contributed by atoms with Crippen LogP contribution in [-0.4, -0.2) is 36.9 Å². The Morgan fingerprint density at radius 3 is 2.67 bits per heavy atom. The average molecular weight is 173 g/mol. The first-order valence-electron chi connectivity index (χ1n) is 4.10. The van der Waals surface area contributed by atoms with Crippen molar-refractivity contribution in [3.05, 3.63) is 0 Å². The summed E-state index contributed by atoms with van der Waals surface area (Å²) in [6.45, 7) is 0. The van der Waals surface area contributed by atoms with Crippen LogP contribution in [0.15, 0.2) is 0 Å². The van der Waals surface area contributed by atoms with Gasteiger partial charge in [0.05, 0.1) is 6.10 Å². The fourth-order valence-corrected chi connectivity index (χ4v) is 1.73. The summed E-state index contributed by atoms with van der Waals surface area (Å²) in [7, 11) is 3.31. The van der Waals surface area contributed by atoms with E-state index in [-0.39, 0.29) is 6.10 Å². The zero-order valence-corrected chi connectivity index (χ0v) is 7.46. The molecule has 0 heterocycles. The predicted molar refractivity (Wildman–Crippen MR) is 44.1 cm³/mol. The van der Waals surface area contributed by atoms with Gasteiger partial charge < -0.3 is 15.2 Å². The molecule has 4 nitrogen and oxygen atoms in total. The summed E-state index contributed by atoms with van der Waals surface area (Å²) < 4.78 is 5.12. The van der Waals surface area contributed by atoms with Gasteiger partial charge >= 0.3 is 5.97 Å². The number of carboxylic acids is 1. The van der Waals surface area contributed by atoms with E-state index in [0.717, 1.165) is 6.42 Å². The number of nitrogens with one attached hydrogen (secondary N) is 1. The van der Waals surface area contributed by atoms with Gasteiger partial charge in [0.2, 0.25) is 0 Å². The van der Waals surface area contributed by atoms with Gasteiger partial charge in [0.25, 0.3) is 0 Å². The Labute approximate surface area is 71.9 Å². The van der Waals surface area contributed by atoms with Crippen LogP contribution in [0.3, 0.4) is 0 Å². The number of hydrogen-bond donors (Lipinski definition) is 2. The number of methoxy groups -OCH3 is 1. The van der Waals surface area contributed by atoms with Crippen LogP contribution in [0, 0.1) is 0 Å². The molecule has 2 N–H and O–H groups in total. The number of carboxylic acid groups (broad SMARTS) is 1. The van der Waals surface area contributed by atoms with E-state index in [9.17, 15) is 4.79 Å². The minimum Gasteiger partial charge on any atom is -0.480 e. The summed E-state index contributed by atoms with van der Waals surface area (Å²) in [5, 5.41) is 11.8. The predicted octanol–water partition coefficient (Wildman–Crippen LogP) is 0.228. The lowest BCUT2D eigenvalue weighted by molar-refractivity contribution is -0.144. The van der Waals surface area contributed by atoms with Crippen LogP contribution in [0.2, 0.25) is 0 Å². The van der Waals surface area contributed by atoms with Crippen molar-refractivity contribution in [2.75, 3.05) is 14.2 Å². The Morgan fingerprint density at radius 1 is 1.75 bits per heavy atom. The summed E-state index contributed by atoms with van der Waals surface area (Å²) in [6, 6.07) is 0. The highest BCUT2D eigenvalue weighted by Gasteiger charge is 2.44. The molecule has 0 amide bonds. The van der Waals surface area contributed by atoms with Crippen molar-refractivity contribution in [2.24, 2.45) is 0 Å². The van der Waals surface area contributed by atoms with Crippen molar-refractivity contribution < 1.29 is 14.6 Å². The molecule has 12 heavy (non-hydrogen) atoms. The zero-order valence-electron chi connectivity index (χ0n) is 7.46. The van der Waals surface area contributed by atoms with E-state index in [1.165, 1.54) is 0 Å². The molecule has 0 bridgehead atoms. The summed E-state index contributed by atoms with van der Waals surface area (Å²) >= 11 is 0. The number of rotatable bonds is 3. The van der Waals surface area contributed by atoms with Crippen molar-refractivity contribution in [3.8, 4) is 0 Å². The molecule has 2 unspecified atom stereocenters. The molecule has 0 aliphatic heterocycles. The summed E-state index contributed by atoms with van der Waals surface area (Å²) in [4.78, 5) is 10.9. The Bertz CT molecular complexity index is 183. The molecule has 0 saturated heterocycles. The maximum Gasteiger partial charge on any atom is 0.323 e. The van der Waals surface area contributed by atoms with E-state index < -0.39 is 11.5 Å². The van der Waals surface area contributed by atoms with Gasteiger partial charge in [-0.15, -0.1) is 0 Å². The number of likely N-dealkylation sites (N-methyl/N-ethyl adjacent to an activating group) is 1. The van der Waals surface area contributed by atoms with Crippen LogP contribution in [0.1, 0.15) is 19.3 Å². The van der Waals surface area contributed by atoms with Gasteiger partial charge in [-0.2, -0.15) is 0 Å². The van der Waals surface area contributed by atoms with Crippen LogP contribution in [0.5, 0.6) is 0 Å². The van der Waals surface area contributed by atoms with Crippen molar-refractivity contribution in [1.82, 2.24) is 5.32 Å². The Hall–Kier alpha value is -0.610. The smallest absolute Gasteiger partial charge is 0.323 e. The van der Waals surface area contributed by atoms with Crippen LogP contribution in [-0.2, 0) is 9.53 Å². The SMILES string of the molecule is CNC1(C(=O)O)CCC(OC)C1. The third kappa shape index (κ3) is 1.44. The highest BCUT2D eigenvalue weighted by atomic mass is 16.5. The van der Waals surface area contributed by atoms with Gasteiger partial charge in [0, 0.05) is 13.5 Å². The van der Waals surface area contributed by atoms with Crippen molar-refractivity contribution in [1.29, 1.82) is 0 Å². The molecular weight excluding hydrogens is 158 g/mol. The molecule has 1 aliphatic carbocycles. The lowest BCUT2D eigenvalue weighted by Crippen LogP contribution is -2.48. The largest absolute Gasteiger partial charge is 0.480 e. The first-order chi connectivity index (χ1) is 5.64. The van der Waals surface area contributed by atoms with Crippen LogP contribution < -0.4 is 5.32 Å². The normalized spacial score (nSPS) is 35.3. The maximum absolute atomic E-state index is 10.9. The highest BCUT2D eigenvalue weighted by Crippen LogP contribution is 2.31. The first-order valence-corrected chi connectivity index (χ1v) is 4.10. The van der Waals surface area contributed by atoms with E-state index in [4.69, 9.17) is 9.84 Å². The Kier molecular flexibility index (Phi) is 2.69. The van der Waals surface area contributed by atoms with Gasteiger partial charge in [-0.05, 0) is 19.9 Å². The van der Waals surface area contributed by atoms with Gasteiger partial charge in [-0.1, -0.05) is 0 Å². The fraction of sp³-hybridized carbons (Fsp3) is 0.875. The summed E-state index contributed by atoms with van der Waals surface area (Å²) in [6.07, 6.45) is 2.13. The van der Waals surface area contributed by atoms with Crippen LogP contribution in [0.25, 0.3) is 0 Å². The molecule has 0 aromatic rings.